The first kappa shape index (κ1) is 11.7. The molecule has 2 aromatic heterocycles. The lowest BCUT2D eigenvalue weighted by atomic mass is 10.1. The van der Waals surface area contributed by atoms with Gasteiger partial charge in [0, 0.05) is 16.3 Å². The lowest BCUT2D eigenvalue weighted by Crippen LogP contribution is -1.92. The van der Waals surface area contributed by atoms with Crippen LogP contribution in [0.25, 0.3) is 21.5 Å². The fraction of sp³-hybridized carbons (Fsp3) is 0.188. The Morgan fingerprint density at radius 3 is 2.60 bits per heavy atom. The number of nitrogens with zero attached hydrogens (tertiary/aromatic N) is 1. The minimum absolute atomic E-state index is 0.293. The van der Waals surface area contributed by atoms with Crippen molar-refractivity contribution in [3.8, 4) is 22.1 Å². The zero-order chi connectivity index (χ0) is 13.7. The molecule has 3 heterocycles. The van der Waals surface area contributed by atoms with Crippen LogP contribution in [0.1, 0.15) is 10.4 Å². The van der Waals surface area contributed by atoms with Crippen molar-refractivity contribution < 1.29 is 9.47 Å². The van der Waals surface area contributed by atoms with Crippen LogP contribution in [0.4, 0.5) is 0 Å². The van der Waals surface area contributed by atoms with Crippen molar-refractivity contribution in [1.29, 1.82) is 0 Å². The predicted molar refractivity (Wildman–Crippen MR) is 80.7 cm³/mol. The molecule has 3 aromatic rings. The van der Waals surface area contributed by atoms with Crippen molar-refractivity contribution in [3.63, 3.8) is 0 Å². The van der Waals surface area contributed by atoms with Gasteiger partial charge in [0.2, 0.25) is 6.79 Å². The fourth-order valence-electron chi connectivity index (χ4n) is 2.48. The molecule has 0 amide bonds. The van der Waals surface area contributed by atoms with E-state index < -0.39 is 0 Å². The summed E-state index contributed by atoms with van der Waals surface area (Å²) >= 11 is 1.77. The van der Waals surface area contributed by atoms with Gasteiger partial charge in [-0.05, 0) is 43.7 Å². The van der Waals surface area contributed by atoms with E-state index in [9.17, 15) is 0 Å². The molecule has 0 saturated heterocycles. The highest BCUT2D eigenvalue weighted by Gasteiger charge is 2.16. The van der Waals surface area contributed by atoms with Crippen molar-refractivity contribution in [1.82, 2.24) is 4.98 Å². The molecule has 0 spiro atoms. The first-order valence-corrected chi connectivity index (χ1v) is 7.30. The Hall–Kier alpha value is -2.07. The summed E-state index contributed by atoms with van der Waals surface area (Å²) < 4.78 is 10.9. The zero-order valence-electron chi connectivity index (χ0n) is 11.3. The predicted octanol–water partition coefficient (Wildman–Crippen LogP) is 4.31. The van der Waals surface area contributed by atoms with Crippen molar-refractivity contribution in [2.75, 3.05) is 6.79 Å². The van der Waals surface area contributed by atoms with Crippen LogP contribution in [0.5, 0.6) is 11.5 Å². The molecule has 0 fully saturated rings. The number of benzene rings is 1. The molecule has 100 valence electrons. The second-order valence-electron chi connectivity index (χ2n) is 4.96. The maximum absolute atomic E-state index is 5.44. The average Bonchev–Trinajstić information content (AvgIpc) is 3.04. The SMILES string of the molecule is Cc1ccc(-c2cc(C)c3cc4c(cc3n2)OCO4)s1. The van der Waals surface area contributed by atoms with E-state index in [0.717, 1.165) is 28.1 Å². The summed E-state index contributed by atoms with van der Waals surface area (Å²) in [5.74, 6) is 1.59. The molecule has 1 aromatic carbocycles. The van der Waals surface area contributed by atoms with Crippen LogP contribution >= 0.6 is 11.3 Å². The van der Waals surface area contributed by atoms with Crippen molar-refractivity contribution in [2.24, 2.45) is 0 Å². The Labute approximate surface area is 120 Å². The standard InChI is InChI=1S/C16H13NO2S/c1-9-5-13(16-4-3-10(2)20-16)17-12-7-15-14(6-11(9)12)18-8-19-15/h3-7H,8H2,1-2H3. The normalized spacial score (nSPS) is 13.1. The Bertz CT molecular complexity index is 823. The number of ether oxygens (including phenoxy) is 2. The van der Waals surface area contributed by atoms with Crippen molar-refractivity contribution >= 4 is 22.2 Å². The molecule has 1 aliphatic rings. The van der Waals surface area contributed by atoms with Gasteiger partial charge in [-0.2, -0.15) is 0 Å². The molecule has 0 N–H and O–H groups in total. The van der Waals surface area contributed by atoms with Gasteiger partial charge < -0.3 is 9.47 Å². The highest BCUT2D eigenvalue weighted by atomic mass is 32.1. The lowest BCUT2D eigenvalue weighted by molar-refractivity contribution is 0.174. The van der Waals surface area contributed by atoms with Gasteiger partial charge in [0.25, 0.3) is 0 Å². The highest BCUT2D eigenvalue weighted by molar-refractivity contribution is 7.15. The van der Waals surface area contributed by atoms with Crippen LogP contribution in [0.15, 0.2) is 30.3 Å². The molecule has 0 bridgehead atoms. The molecule has 3 nitrogen and oxygen atoms in total. The number of fused-ring (bicyclic) bond motifs is 2. The summed E-state index contributed by atoms with van der Waals surface area (Å²) in [6, 6.07) is 10.4. The van der Waals surface area contributed by atoms with Gasteiger partial charge in [-0.3, -0.25) is 0 Å². The van der Waals surface area contributed by atoms with Crippen LogP contribution in [-0.4, -0.2) is 11.8 Å². The molecule has 4 rings (SSSR count). The van der Waals surface area contributed by atoms with Crippen molar-refractivity contribution in [3.05, 3.63) is 40.8 Å². The number of rotatable bonds is 1. The zero-order valence-corrected chi connectivity index (χ0v) is 12.1. The Morgan fingerprint density at radius 1 is 1.05 bits per heavy atom. The number of pyridine rings is 1. The molecule has 20 heavy (non-hydrogen) atoms. The van der Waals surface area contributed by atoms with Crippen LogP contribution < -0.4 is 9.47 Å². The summed E-state index contributed by atoms with van der Waals surface area (Å²) in [5, 5.41) is 1.12. The first-order valence-electron chi connectivity index (χ1n) is 6.48. The molecule has 0 atom stereocenters. The second kappa shape index (κ2) is 4.21. The van der Waals surface area contributed by atoms with Gasteiger partial charge in [0.1, 0.15) is 0 Å². The number of hydrogen-bond acceptors (Lipinski definition) is 4. The van der Waals surface area contributed by atoms with Crippen LogP contribution in [-0.2, 0) is 0 Å². The van der Waals surface area contributed by atoms with E-state index in [1.165, 1.54) is 15.3 Å². The third-order valence-corrected chi connectivity index (χ3v) is 4.53. The van der Waals surface area contributed by atoms with E-state index >= 15 is 0 Å². The van der Waals surface area contributed by atoms with E-state index in [-0.39, 0.29) is 0 Å². The third-order valence-electron chi connectivity index (χ3n) is 3.50. The van der Waals surface area contributed by atoms with E-state index in [2.05, 4.69) is 32.0 Å². The summed E-state index contributed by atoms with van der Waals surface area (Å²) in [6.07, 6.45) is 0. The summed E-state index contributed by atoms with van der Waals surface area (Å²) in [7, 11) is 0. The van der Waals surface area contributed by atoms with Gasteiger partial charge in [-0.1, -0.05) is 0 Å². The molecule has 0 radical (unpaired) electrons. The fourth-order valence-corrected chi connectivity index (χ4v) is 3.31. The molecular formula is C16H13NO2S. The van der Waals surface area contributed by atoms with Crippen LogP contribution in [0.2, 0.25) is 0 Å². The minimum Gasteiger partial charge on any atom is -0.454 e. The third kappa shape index (κ3) is 1.76. The Kier molecular flexibility index (Phi) is 2.47. The van der Waals surface area contributed by atoms with Crippen LogP contribution in [0.3, 0.4) is 0 Å². The molecular weight excluding hydrogens is 270 g/mol. The maximum Gasteiger partial charge on any atom is 0.231 e. The quantitative estimate of drug-likeness (QED) is 0.667. The summed E-state index contributed by atoms with van der Waals surface area (Å²) in [6.45, 7) is 4.51. The Morgan fingerprint density at radius 2 is 1.85 bits per heavy atom. The largest absolute Gasteiger partial charge is 0.454 e. The summed E-state index contributed by atoms with van der Waals surface area (Å²) in [4.78, 5) is 7.27. The highest BCUT2D eigenvalue weighted by Crippen LogP contribution is 2.38. The van der Waals surface area contributed by atoms with Gasteiger partial charge in [-0.25, -0.2) is 4.98 Å². The average molecular weight is 283 g/mol. The number of hydrogen-bond donors (Lipinski definition) is 0. The second-order valence-corrected chi connectivity index (χ2v) is 6.25. The van der Waals surface area contributed by atoms with Gasteiger partial charge in [0.05, 0.1) is 16.1 Å². The van der Waals surface area contributed by atoms with Crippen molar-refractivity contribution in [2.45, 2.75) is 13.8 Å². The number of aryl methyl sites for hydroxylation is 2. The molecule has 0 unspecified atom stereocenters. The number of thiophene rings is 1. The van der Waals surface area contributed by atoms with Crippen LogP contribution in [0, 0.1) is 13.8 Å². The summed E-state index contributed by atoms with van der Waals surface area (Å²) in [5.41, 5.74) is 3.18. The van der Waals surface area contributed by atoms with E-state index in [1.54, 1.807) is 11.3 Å². The van der Waals surface area contributed by atoms with E-state index in [1.807, 2.05) is 12.1 Å². The topological polar surface area (TPSA) is 31.4 Å². The smallest absolute Gasteiger partial charge is 0.231 e. The Balaban J connectivity index is 1.95. The van der Waals surface area contributed by atoms with Gasteiger partial charge in [0.15, 0.2) is 11.5 Å². The molecule has 1 aliphatic heterocycles. The van der Waals surface area contributed by atoms with Gasteiger partial charge in [-0.15, -0.1) is 11.3 Å². The van der Waals surface area contributed by atoms with E-state index in [4.69, 9.17) is 14.5 Å². The first-order chi connectivity index (χ1) is 9.70. The lowest BCUT2D eigenvalue weighted by Gasteiger charge is -2.06. The van der Waals surface area contributed by atoms with E-state index in [0.29, 0.717) is 6.79 Å². The molecule has 0 saturated carbocycles. The maximum atomic E-state index is 5.44. The molecule has 0 aliphatic carbocycles. The molecule has 4 heteroatoms. The number of aromatic nitrogens is 1. The minimum atomic E-state index is 0.293. The van der Waals surface area contributed by atoms with Gasteiger partial charge >= 0.3 is 0 Å². The monoisotopic (exact) mass is 283 g/mol.